The first-order chi connectivity index (χ1) is 22.7. The molecule has 0 bridgehead atoms. The van der Waals surface area contributed by atoms with Gasteiger partial charge in [0.2, 0.25) is 0 Å². The van der Waals surface area contributed by atoms with Gasteiger partial charge >= 0.3 is 10.1 Å². The molecule has 0 amide bonds. The van der Waals surface area contributed by atoms with Crippen LogP contribution in [0.25, 0.3) is 54.6 Å². The predicted molar refractivity (Wildman–Crippen MR) is 186 cm³/mol. The first-order valence-electron chi connectivity index (χ1n) is 15.3. The van der Waals surface area contributed by atoms with Crippen LogP contribution >= 0.6 is 0 Å². The standard InChI is InChI=1S/C39H28O6S2/c40-46(41,42)37-23-22-36(32-19-9-20-33(32)37)45-47(43,44)39-35(31-18-7-13-25-10-1-4-15-28(25)31)24-27-12-3-6-17-30(27)38(39)34-21-8-14-26-11-2-5-16-29(26)34/h1-8,10-18,21-24H,9,19-20H2,(H,40,41,42). The Balaban J connectivity index is 1.48. The molecule has 0 atom stereocenters. The van der Waals surface area contributed by atoms with Gasteiger partial charge in [-0.25, -0.2) is 0 Å². The molecule has 8 rings (SSSR count). The van der Waals surface area contributed by atoms with Crippen molar-refractivity contribution in [3.05, 3.63) is 139 Å². The number of benzene rings is 7. The molecule has 8 heteroatoms. The van der Waals surface area contributed by atoms with Gasteiger partial charge in [-0.1, -0.05) is 109 Å². The van der Waals surface area contributed by atoms with E-state index in [0.29, 0.717) is 41.5 Å². The maximum atomic E-state index is 15.0. The quantitative estimate of drug-likeness (QED) is 0.142. The first kappa shape index (κ1) is 29.4. The molecular weight excluding hydrogens is 629 g/mol. The van der Waals surface area contributed by atoms with Crippen LogP contribution in [0.15, 0.2) is 137 Å². The lowest BCUT2D eigenvalue weighted by molar-refractivity contribution is 0.480. The summed E-state index contributed by atoms with van der Waals surface area (Å²) in [6.45, 7) is 0. The molecule has 0 aliphatic heterocycles. The minimum atomic E-state index is -4.58. The Labute approximate surface area is 272 Å². The van der Waals surface area contributed by atoms with Gasteiger partial charge in [-0.05, 0) is 86.5 Å². The molecule has 0 heterocycles. The lowest BCUT2D eigenvalue weighted by Gasteiger charge is -2.21. The smallest absolute Gasteiger partial charge is 0.340 e. The zero-order chi connectivity index (χ0) is 32.3. The molecule has 0 saturated heterocycles. The third-order valence-corrected chi connectivity index (χ3v) is 11.3. The Morgan fingerprint density at radius 2 is 1.09 bits per heavy atom. The molecule has 7 aromatic rings. The van der Waals surface area contributed by atoms with E-state index in [-0.39, 0.29) is 15.5 Å². The summed E-state index contributed by atoms with van der Waals surface area (Å²) in [5.74, 6) is 0.0609. The summed E-state index contributed by atoms with van der Waals surface area (Å²) in [6.07, 6.45) is 1.42. The van der Waals surface area contributed by atoms with Crippen molar-refractivity contribution in [1.82, 2.24) is 0 Å². The van der Waals surface area contributed by atoms with E-state index < -0.39 is 20.2 Å². The fourth-order valence-corrected chi connectivity index (χ4v) is 9.24. The van der Waals surface area contributed by atoms with Gasteiger partial charge in [-0.15, -0.1) is 0 Å². The molecule has 0 fully saturated rings. The highest BCUT2D eigenvalue weighted by Gasteiger charge is 2.33. The van der Waals surface area contributed by atoms with Gasteiger partial charge in [0, 0.05) is 16.7 Å². The van der Waals surface area contributed by atoms with Gasteiger partial charge in [0.05, 0.1) is 4.90 Å². The van der Waals surface area contributed by atoms with Crippen LogP contribution in [0, 0.1) is 0 Å². The van der Waals surface area contributed by atoms with Gasteiger partial charge in [-0.2, -0.15) is 16.8 Å². The monoisotopic (exact) mass is 656 g/mol. The van der Waals surface area contributed by atoms with Crippen molar-refractivity contribution in [2.45, 2.75) is 29.1 Å². The summed E-state index contributed by atoms with van der Waals surface area (Å²) in [7, 11) is -9.08. The van der Waals surface area contributed by atoms with Crippen LogP contribution in [0.5, 0.6) is 5.75 Å². The Hall–Kier alpha value is -5.02. The molecule has 0 spiro atoms. The lowest BCUT2D eigenvalue weighted by Crippen LogP contribution is -2.15. The third kappa shape index (κ3) is 4.97. The average Bonchev–Trinajstić information content (AvgIpc) is 3.57. The van der Waals surface area contributed by atoms with Crippen LogP contribution in [0.2, 0.25) is 0 Å². The van der Waals surface area contributed by atoms with Crippen molar-refractivity contribution in [3.63, 3.8) is 0 Å². The number of rotatable bonds is 6. The Kier molecular flexibility index (Phi) is 6.91. The van der Waals surface area contributed by atoms with Crippen molar-refractivity contribution < 1.29 is 25.6 Å². The molecule has 47 heavy (non-hydrogen) atoms. The van der Waals surface area contributed by atoms with E-state index in [1.165, 1.54) is 12.1 Å². The normalized spacial score (nSPS) is 13.3. The van der Waals surface area contributed by atoms with Crippen LogP contribution in [-0.4, -0.2) is 21.4 Å². The van der Waals surface area contributed by atoms with Gasteiger partial charge < -0.3 is 4.18 Å². The molecule has 0 unspecified atom stereocenters. The topological polar surface area (TPSA) is 97.7 Å². The largest absolute Gasteiger partial charge is 0.379 e. The fraction of sp³-hybridized carbons (Fsp3) is 0.0769. The van der Waals surface area contributed by atoms with Crippen LogP contribution in [-0.2, 0) is 33.1 Å². The number of fused-ring (bicyclic) bond motifs is 4. The van der Waals surface area contributed by atoms with Crippen LogP contribution in [0.3, 0.4) is 0 Å². The Bertz CT molecular complexity index is 2620. The molecule has 0 radical (unpaired) electrons. The van der Waals surface area contributed by atoms with E-state index in [2.05, 4.69) is 0 Å². The van der Waals surface area contributed by atoms with E-state index in [9.17, 15) is 21.4 Å². The van der Waals surface area contributed by atoms with Crippen molar-refractivity contribution in [2.75, 3.05) is 0 Å². The van der Waals surface area contributed by atoms with E-state index in [1.54, 1.807) is 0 Å². The predicted octanol–water partition coefficient (Wildman–Crippen LogP) is 8.98. The summed E-state index contributed by atoms with van der Waals surface area (Å²) in [4.78, 5) is -0.192. The minimum Gasteiger partial charge on any atom is -0.379 e. The van der Waals surface area contributed by atoms with Crippen LogP contribution in [0.4, 0.5) is 0 Å². The molecule has 232 valence electrons. The van der Waals surface area contributed by atoms with E-state index >= 15 is 0 Å². The zero-order valence-electron chi connectivity index (χ0n) is 25.1. The summed E-state index contributed by atoms with van der Waals surface area (Å²) >= 11 is 0. The Morgan fingerprint density at radius 3 is 1.77 bits per heavy atom. The molecule has 0 saturated carbocycles. The first-order valence-corrected chi connectivity index (χ1v) is 18.1. The summed E-state index contributed by atoms with van der Waals surface area (Å²) in [5.41, 5.74) is 3.37. The zero-order valence-corrected chi connectivity index (χ0v) is 26.7. The average molecular weight is 657 g/mol. The summed E-state index contributed by atoms with van der Waals surface area (Å²) < 4.78 is 70.3. The highest BCUT2D eigenvalue weighted by atomic mass is 32.2. The van der Waals surface area contributed by atoms with Crippen LogP contribution < -0.4 is 4.18 Å². The van der Waals surface area contributed by atoms with E-state index in [1.807, 2.05) is 115 Å². The van der Waals surface area contributed by atoms with Gasteiger partial charge in [-0.3, -0.25) is 4.55 Å². The molecular formula is C39H28O6S2. The molecule has 6 nitrogen and oxygen atoms in total. The van der Waals surface area contributed by atoms with Crippen molar-refractivity contribution in [3.8, 4) is 28.0 Å². The molecule has 1 aliphatic rings. The minimum absolute atomic E-state index is 0.0227. The molecule has 1 N–H and O–H groups in total. The van der Waals surface area contributed by atoms with Crippen molar-refractivity contribution in [1.29, 1.82) is 0 Å². The molecule has 1 aliphatic carbocycles. The fourth-order valence-electron chi connectivity index (χ4n) is 7.08. The summed E-state index contributed by atoms with van der Waals surface area (Å²) in [6, 6.07) is 39.7. The van der Waals surface area contributed by atoms with Crippen molar-refractivity contribution >= 4 is 52.6 Å². The highest BCUT2D eigenvalue weighted by Crippen LogP contribution is 2.46. The maximum absolute atomic E-state index is 15.0. The second-order valence-corrected chi connectivity index (χ2v) is 14.7. The highest BCUT2D eigenvalue weighted by molar-refractivity contribution is 7.87. The second-order valence-electron chi connectivity index (χ2n) is 11.8. The lowest BCUT2D eigenvalue weighted by atomic mass is 9.89. The molecule has 7 aromatic carbocycles. The van der Waals surface area contributed by atoms with Gasteiger partial charge in [0.25, 0.3) is 10.1 Å². The second kappa shape index (κ2) is 11.1. The van der Waals surface area contributed by atoms with E-state index in [4.69, 9.17) is 4.18 Å². The molecule has 0 aromatic heterocycles. The van der Waals surface area contributed by atoms with Crippen molar-refractivity contribution in [2.24, 2.45) is 0 Å². The van der Waals surface area contributed by atoms with Gasteiger partial charge in [0.1, 0.15) is 10.6 Å². The maximum Gasteiger partial charge on any atom is 0.340 e. The number of hydrogen-bond donors (Lipinski definition) is 1. The van der Waals surface area contributed by atoms with E-state index in [0.717, 1.165) is 43.4 Å². The Morgan fingerprint density at radius 1 is 0.532 bits per heavy atom. The third-order valence-electron chi connectivity index (χ3n) is 9.07. The summed E-state index contributed by atoms with van der Waals surface area (Å²) in [5, 5.41) is 5.34. The SMILES string of the molecule is O=S(=O)(O)c1ccc(OS(=O)(=O)c2c(-c3cccc4ccccc34)cc3ccccc3c2-c2cccc3ccccc23)c2c1CCC2. The van der Waals surface area contributed by atoms with Crippen LogP contribution in [0.1, 0.15) is 17.5 Å². The number of hydrogen-bond acceptors (Lipinski definition) is 5. The van der Waals surface area contributed by atoms with Gasteiger partial charge in [0.15, 0.2) is 0 Å².